The van der Waals surface area contributed by atoms with Gasteiger partial charge in [-0.15, -0.1) is 12.4 Å². The number of hydrogen-bond donors (Lipinski definition) is 2. The summed E-state index contributed by atoms with van der Waals surface area (Å²) >= 11 is 8.02. The second-order valence-corrected chi connectivity index (χ2v) is 6.88. The number of halogens is 2. The molecule has 136 valence electrons. The second-order valence-electron chi connectivity index (χ2n) is 5.47. The van der Waals surface area contributed by atoms with Crippen molar-refractivity contribution in [2.45, 2.75) is 29.9 Å². The molecule has 0 spiro atoms. The lowest BCUT2D eigenvalue weighted by atomic mass is 10.0. The normalized spacial score (nSPS) is 10.4. The van der Waals surface area contributed by atoms with Crippen LogP contribution in [0.2, 0.25) is 5.02 Å². The average Bonchev–Trinajstić information content (AvgIpc) is 2.64. The molecule has 26 heavy (non-hydrogen) atoms. The number of pyridine rings is 2. The van der Waals surface area contributed by atoms with E-state index in [1.54, 1.807) is 24.5 Å². The summed E-state index contributed by atoms with van der Waals surface area (Å²) in [4.78, 5) is 19.2. The Bertz CT molecular complexity index is 940. The second kappa shape index (κ2) is 9.24. The third kappa shape index (κ3) is 4.48. The molecule has 2 N–H and O–H groups in total. The van der Waals surface area contributed by atoms with Crippen LogP contribution in [0, 0.1) is 0 Å². The smallest absolute Gasteiger partial charge is 0.247 e. The van der Waals surface area contributed by atoms with Gasteiger partial charge < -0.3 is 10.1 Å². The molecular formula is C19H18Cl2N2O2S. The maximum atomic E-state index is 11.2. The van der Waals surface area contributed by atoms with Crippen molar-refractivity contribution >= 4 is 35.8 Å². The highest BCUT2D eigenvalue weighted by molar-refractivity contribution is 7.99. The third-order valence-electron chi connectivity index (χ3n) is 3.84. The van der Waals surface area contributed by atoms with Crippen LogP contribution in [0.3, 0.4) is 0 Å². The molecule has 0 fully saturated rings. The van der Waals surface area contributed by atoms with Crippen LogP contribution in [0.4, 0.5) is 0 Å². The van der Waals surface area contributed by atoms with E-state index in [9.17, 15) is 9.90 Å². The zero-order valence-electron chi connectivity index (χ0n) is 14.0. The maximum Gasteiger partial charge on any atom is 0.247 e. The quantitative estimate of drug-likeness (QED) is 0.640. The summed E-state index contributed by atoms with van der Waals surface area (Å²) in [6.45, 7) is 2.00. The van der Waals surface area contributed by atoms with Crippen LogP contribution in [0.25, 0.3) is 11.1 Å². The van der Waals surface area contributed by atoms with Crippen LogP contribution >= 0.6 is 35.8 Å². The predicted molar refractivity (Wildman–Crippen MR) is 108 cm³/mol. The molecule has 0 bridgehead atoms. The van der Waals surface area contributed by atoms with Crippen LogP contribution in [-0.4, -0.2) is 15.1 Å². The first-order valence-corrected chi connectivity index (χ1v) is 9.06. The Balaban J connectivity index is 0.00000243. The minimum atomic E-state index is -0.135. The summed E-state index contributed by atoms with van der Waals surface area (Å²) in [5.74, 6) is 0. The summed E-state index contributed by atoms with van der Waals surface area (Å²) in [6.07, 6.45) is 4.19. The number of H-pyrrole nitrogens is 1. The fourth-order valence-corrected chi connectivity index (χ4v) is 3.93. The average molecular weight is 409 g/mol. The largest absolute Gasteiger partial charge is 0.392 e. The van der Waals surface area contributed by atoms with Gasteiger partial charge in [0.2, 0.25) is 5.56 Å². The molecule has 0 saturated carbocycles. The fourth-order valence-electron chi connectivity index (χ4n) is 2.52. The molecule has 0 saturated heterocycles. The van der Waals surface area contributed by atoms with E-state index in [0.29, 0.717) is 5.02 Å². The zero-order chi connectivity index (χ0) is 17.8. The van der Waals surface area contributed by atoms with Crippen LogP contribution in [0.5, 0.6) is 0 Å². The maximum absolute atomic E-state index is 11.2. The van der Waals surface area contributed by atoms with Crippen molar-refractivity contribution in [2.75, 3.05) is 0 Å². The molecule has 2 heterocycles. The Morgan fingerprint density at radius 3 is 2.65 bits per heavy atom. The molecule has 1 aromatic carbocycles. The Morgan fingerprint density at radius 1 is 1.19 bits per heavy atom. The van der Waals surface area contributed by atoms with Crippen molar-refractivity contribution in [2.24, 2.45) is 0 Å². The zero-order valence-corrected chi connectivity index (χ0v) is 16.4. The molecule has 0 unspecified atom stereocenters. The van der Waals surface area contributed by atoms with E-state index in [-0.39, 0.29) is 24.6 Å². The van der Waals surface area contributed by atoms with Crippen molar-refractivity contribution in [1.29, 1.82) is 0 Å². The summed E-state index contributed by atoms with van der Waals surface area (Å²) in [5.41, 5.74) is 3.58. The van der Waals surface area contributed by atoms with Gasteiger partial charge in [0.05, 0.1) is 11.6 Å². The molecule has 0 atom stereocenters. The molecule has 4 nitrogen and oxygen atoms in total. The van der Waals surface area contributed by atoms with Crippen molar-refractivity contribution in [3.8, 4) is 11.1 Å². The van der Waals surface area contributed by atoms with Gasteiger partial charge in [-0.3, -0.25) is 4.79 Å². The highest BCUT2D eigenvalue weighted by Gasteiger charge is 2.14. The molecule has 0 aliphatic carbocycles. The van der Waals surface area contributed by atoms with Gasteiger partial charge in [0.1, 0.15) is 5.03 Å². The van der Waals surface area contributed by atoms with E-state index in [2.05, 4.69) is 23.0 Å². The standard InChI is InChI=1S/C19H17ClN2O2S.ClH/c1-2-12-8-15(13-5-6-17(24)22-10-13)9-16(20)18(12)25-19-14(11-23)4-3-7-21-19;/h3-10,23H,2,11H2,1H3,(H,22,24);1H. The lowest BCUT2D eigenvalue weighted by Crippen LogP contribution is -2.01. The predicted octanol–water partition coefficient (Wildman–Crippen LogP) is 4.72. The van der Waals surface area contributed by atoms with Crippen LogP contribution in [-0.2, 0) is 13.0 Å². The number of benzene rings is 1. The summed E-state index contributed by atoms with van der Waals surface area (Å²) < 4.78 is 0. The Kier molecular flexibility index (Phi) is 7.29. The lowest BCUT2D eigenvalue weighted by Gasteiger charge is -2.14. The van der Waals surface area contributed by atoms with Gasteiger partial charge in [0.15, 0.2) is 0 Å². The van der Waals surface area contributed by atoms with Crippen LogP contribution < -0.4 is 5.56 Å². The first-order valence-electron chi connectivity index (χ1n) is 7.86. The number of aryl methyl sites for hydroxylation is 1. The molecule has 0 amide bonds. The molecule has 3 rings (SSSR count). The fraction of sp³-hybridized carbons (Fsp3) is 0.158. The number of nitrogens with one attached hydrogen (secondary N) is 1. The van der Waals surface area contributed by atoms with Crippen molar-refractivity contribution in [1.82, 2.24) is 9.97 Å². The molecule has 7 heteroatoms. The van der Waals surface area contributed by atoms with Gasteiger partial charge in [-0.25, -0.2) is 4.98 Å². The van der Waals surface area contributed by atoms with Gasteiger partial charge in [-0.2, -0.15) is 0 Å². The Labute approximate surface area is 167 Å². The van der Waals surface area contributed by atoms with Crippen LogP contribution in [0.1, 0.15) is 18.1 Å². The van der Waals surface area contributed by atoms with Crippen molar-refractivity contribution < 1.29 is 5.11 Å². The van der Waals surface area contributed by atoms with Crippen molar-refractivity contribution in [3.05, 3.63) is 75.3 Å². The van der Waals surface area contributed by atoms with E-state index < -0.39 is 0 Å². The van der Waals surface area contributed by atoms with E-state index in [4.69, 9.17) is 11.6 Å². The molecule has 0 radical (unpaired) electrons. The first kappa shape index (κ1) is 20.5. The molecule has 3 aromatic rings. The highest BCUT2D eigenvalue weighted by atomic mass is 35.5. The first-order chi connectivity index (χ1) is 12.1. The summed E-state index contributed by atoms with van der Waals surface area (Å²) in [6, 6.07) is 10.9. The number of rotatable bonds is 5. The van der Waals surface area contributed by atoms with Gasteiger partial charge in [0.25, 0.3) is 0 Å². The van der Waals surface area contributed by atoms with Gasteiger partial charge in [-0.05, 0) is 47.4 Å². The highest BCUT2D eigenvalue weighted by Crippen LogP contribution is 2.39. The monoisotopic (exact) mass is 408 g/mol. The molecule has 0 aliphatic heterocycles. The number of aromatic nitrogens is 2. The Morgan fingerprint density at radius 2 is 2.00 bits per heavy atom. The number of aliphatic hydroxyl groups excluding tert-OH is 1. The summed E-state index contributed by atoms with van der Waals surface area (Å²) in [5, 5.41) is 10.9. The number of aliphatic hydroxyl groups is 1. The molecule has 0 aliphatic rings. The minimum absolute atomic E-state index is 0. The topological polar surface area (TPSA) is 66.0 Å². The SMILES string of the molecule is CCc1cc(-c2ccc(=O)[nH]c2)cc(Cl)c1Sc1ncccc1CO.Cl. The van der Waals surface area contributed by atoms with Crippen molar-refractivity contribution in [3.63, 3.8) is 0 Å². The number of aromatic amines is 1. The Hall–Kier alpha value is -1.79. The number of hydrogen-bond acceptors (Lipinski definition) is 4. The third-order valence-corrected chi connectivity index (χ3v) is 5.50. The van der Waals surface area contributed by atoms with E-state index in [1.165, 1.54) is 17.8 Å². The van der Waals surface area contributed by atoms with Crippen LogP contribution in [0.15, 0.2) is 63.5 Å². The molecule has 2 aromatic heterocycles. The van der Waals surface area contributed by atoms with E-state index in [1.807, 2.05) is 12.1 Å². The lowest BCUT2D eigenvalue weighted by molar-refractivity contribution is 0.278. The number of nitrogens with zero attached hydrogens (tertiary/aromatic N) is 1. The van der Waals surface area contributed by atoms with Gasteiger partial charge in [-0.1, -0.05) is 36.4 Å². The van der Waals surface area contributed by atoms with Gasteiger partial charge >= 0.3 is 0 Å². The summed E-state index contributed by atoms with van der Waals surface area (Å²) in [7, 11) is 0. The molecular weight excluding hydrogens is 391 g/mol. The van der Waals surface area contributed by atoms with E-state index in [0.717, 1.165) is 38.6 Å². The minimum Gasteiger partial charge on any atom is -0.392 e. The van der Waals surface area contributed by atoms with E-state index >= 15 is 0 Å². The van der Waals surface area contributed by atoms with Gasteiger partial charge in [0, 0.05) is 28.9 Å².